The molecule has 33 heavy (non-hydrogen) atoms. The van der Waals surface area contributed by atoms with Gasteiger partial charge < -0.3 is 19.7 Å². The van der Waals surface area contributed by atoms with Crippen LogP contribution in [0, 0.1) is 29.6 Å². The van der Waals surface area contributed by atoms with E-state index in [1.165, 1.54) is 0 Å². The number of aliphatic hydroxyl groups is 1. The summed E-state index contributed by atoms with van der Waals surface area (Å²) in [6.45, 7) is 16.2. The Morgan fingerprint density at radius 1 is 1.27 bits per heavy atom. The topological polar surface area (TPSA) is 76.0 Å². The smallest absolute Gasteiger partial charge is 0.146 e. The van der Waals surface area contributed by atoms with Gasteiger partial charge in [-0.05, 0) is 75.6 Å². The molecule has 3 fully saturated rings. The van der Waals surface area contributed by atoms with Gasteiger partial charge >= 0.3 is 0 Å². The minimum atomic E-state index is -0.688. The van der Waals surface area contributed by atoms with Crippen molar-refractivity contribution in [2.75, 3.05) is 7.11 Å². The first kappa shape index (κ1) is 24.3. The van der Waals surface area contributed by atoms with Crippen LogP contribution < -0.4 is 4.74 Å². The molecule has 2 aliphatic carbocycles. The van der Waals surface area contributed by atoms with Crippen LogP contribution in [0.15, 0.2) is 24.3 Å². The maximum atomic E-state index is 14.4. The number of hydrogen-bond donors (Lipinski definition) is 2. The number of carbonyl (C=O) groups excluding carboxylic acids is 1. The third-order valence-electron chi connectivity index (χ3n) is 9.65. The first-order valence-corrected chi connectivity index (χ1v) is 12.2. The van der Waals surface area contributed by atoms with Gasteiger partial charge in [-0.3, -0.25) is 4.79 Å². The monoisotopic (exact) mass is 456 g/mol. The zero-order valence-electron chi connectivity index (χ0n) is 21.2. The summed E-state index contributed by atoms with van der Waals surface area (Å²) < 4.78 is 12.1. The van der Waals surface area contributed by atoms with Gasteiger partial charge in [-0.25, -0.2) is 0 Å². The van der Waals surface area contributed by atoms with E-state index in [-0.39, 0.29) is 28.3 Å². The molecule has 1 spiro atoms. The summed E-state index contributed by atoms with van der Waals surface area (Å²) in [6.07, 6.45) is 3.28. The fourth-order valence-corrected chi connectivity index (χ4v) is 7.48. The predicted molar refractivity (Wildman–Crippen MR) is 128 cm³/mol. The molecule has 6 atom stereocenters. The van der Waals surface area contributed by atoms with Crippen LogP contribution in [-0.4, -0.2) is 40.4 Å². The summed E-state index contributed by atoms with van der Waals surface area (Å²) >= 11 is 0. The quantitative estimate of drug-likeness (QED) is 0.580. The number of Topliss-reactive ketones (excluding diaryl/α,β-unsaturated/α-hetero) is 1. The summed E-state index contributed by atoms with van der Waals surface area (Å²) in [5.74, 6) is 0.214. The molecule has 1 aromatic carbocycles. The Hall–Kier alpha value is -1.85. The van der Waals surface area contributed by atoms with Gasteiger partial charge in [0.15, 0.2) is 0 Å². The number of methoxy groups -OCH3 is 1. The molecule has 1 aromatic rings. The molecule has 5 heteroatoms. The largest absolute Gasteiger partial charge is 0.507 e. The van der Waals surface area contributed by atoms with Crippen molar-refractivity contribution in [1.82, 2.24) is 0 Å². The van der Waals surface area contributed by atoms with Crippen LogP contribution in [0.5, 0.6) is 11.5 Å². The van der Waals surface area contributed by atoms with E-state index < -0.39 is 23.2 Å². The number of ketones is 1. The number of aliphatic hydroxyl groups excluding tert-OH is 1. The number of rotatable bonds is 6. The predicted octanol–water partition coefficient (Wildman–Crippen LogP) is 5.14. The minimum Gasteiger partial charge on any atom is -0.507 e. The van der Waals surface area contributed by atoms with E-state index in [4.69, 9.17) is 9.47 Å². The van der Waals surface area contributed by atoms with Crippen molar-refractivity contribution in [3.05, 3.63) is 35.4 Å². The van der Waals surface area contributed by atoms with Crippen molar-refractivity contribution in [2.24, 2.45) is 22.7 Å². The van der Waals surface area contributed by atoms with E-state index in [1.807, 2.05) is 33.8 Å². The fraction of sp³-hybridized carbons (Fsp3) is 0.679. The number of phenolic OH excluding ortho intramolecular Hbond substituents is 1. The van der Waals surface area contributed by atoms with Crippen LogP contribution in [0.25, 0.3) is 0 Å². The average Bonchev–Trinajstić information content (AvgIpc) is 3.14. The van der Waals surface area contributed by atoms with E-state index in [1.54, 1.807) is 13.2 Å². The van der Waals surface area contributed by atoms with E-state index >= 15 is 0 Å². The van der Waals surface area contributed by atoms with Crippen molar-refractivity contribution < 1.29 is 24.5 Å². The molecule has 5 nitrogen and oxygen atoms in total. The van der Waals surface area contributed by atoms with Crippen molar-refractivity contribution in [3.63, 3.8) is 0 Å². The molecular weight excluding hydrogens is 416 g/mol. The molecule has 0 bridgehead atoms. The maximum absolute atomic E-state index is 14.4. The maximum Gasteiger partial charge on any atom is 0.146 e. The van der Waals surface area contributed by atoms with Gasteiger partial charge in [-0.15, -0.1) is 0 Å². The number of aromatic hydroxyl groups is 1. The number of carbonyl (C=O) groups is 1. The second kappa shape index (κ2) is 7.58. The van der Waals surface area contributed by atoms with E-state index in [9.17, 15) is 15.0 Å². The van der Waals surface area contributed by atoms with Gasteiger partial charge in [0.25, 0.3) is 0 Å². The van der Waals surface area contributed by atoms with Gasteiger partial charge in [-0.2, -0.15) is 0 Å². The third-order valence-corrected chi connectivity index (χ3v) is 9.65. The molecule has 0 unspecified atom stereocenters. The van der Waals surface area contributed by atoms with Gasteiger partial charge in [0.05, 0.1) is 30.3 Å². The molecule has 0 aromatic heterocycles. The normalized spacial score (nSPS) is 37.5. The van der Waals surface area contributed by atoms with Crippen LogP contribution in [0.3, 0.4) is 0 Å². The molecule has 4 rings (SSSR count). The lowest BCUT2D eigenvalue weighted by Gasteiger charge is -2.70. The minimum absolute atomic E-state index is 0.120. The van der Waals surface area contributed by atoms with Gasteiger partial charge in [0, 0.05) is 17.8 Å². The zero-order chi connectivity index (χ0) is 24.6. The van der Waals surface area contributed by atoms with Crippen LogP contribution in [0.1, 0.15) is 71.4 Å². The number of hydrogen-bond acceptors (Lipinski definition) is 5. The number of fused-ring (bicyclic) bond motifs is 2. The Labute approximate surface area is 198 Å². The molecule has 1 saturated heterocycles. The van der Waals surface area contributed by atoms with Crippen molar-refractivity contribution in [1.29, 1.82) is 0 Å². The Kier molecular flexibility index (Phi) is 5.57. The van der Waals surface area contributed by atoms with Crippen LogP contribution in [-0.2, 0) is 16.0 Å². The Morgan fingerprint density at radius 2 is 1.94 bits per heavy atom. The summed E-state index contributed by atoms with van der Waals surface area (Å²) in [5.41, 5.74) is 0.506. The lowest BCUT2D eigenvalue weighted by molar-refractivity contribution is -0.305. The lowest BCUT2D eigenvalue weighted by atomic mass is 9.36. The van der Waals surface area contributed by atoms with Crippen LogP contribution >= 0.6 is 0 Å². The van der Waals surface area contributed by atoms with Gasteiger partial charge in [0.1, 0.15) is 17.3 Å². The number of benzene rings is 1. The fourth-order valence-electron chi connectivity index (χ4n) is 7.48. The summed E-state index contributed by atoms with van der Waals surface area (Å²) in [7, 11) is 1.60. The first-order chi connectivity index (χ1) is 15.2. The summed E-state index contributed by atoms with van der Waals surface area (Å²) in [5, 5.41) is 21.6. The molecule has 2 N–H and O–H groups in total. The van der Waals surface area contributed by atoms with Crippen molar-refractivity contribution in [3.8, 4) is 11.5 Å². The molecule has 1 heterocycles. The van der Waals surface area contributed by atoms with Gasteiger partial charge in [-0.1, -0.05) is 32.4 Å². The number of phenols is 1. The molecular formula is C28H40O5. The summed E-state index contributed by atoms with van der Waals surface area (Å²) in [4.78, 5) is 14.4. The first-order valence-electron chi connectivity index (χ1n) is 12.2. The second-order valence-electron chi connectivity index (χ2n) is 11.8. The highest BCUT2D eigenvalue weighted by molar-refractivity contribution is 5.90. The van der Waals surface area contributed by atoms with Crippen molar-refractivity contribution in [2.45, 2.75) is 91.0 Å². The standard InChI is InChI=1S/C28H40O5/c1-16(2)20(14-18-13-19(32-8)12-17(3)22(18)30)23(31)24-26(6)10-9-11-27(26,7)28(24)15-21(29)25(4,5)33-28/h12-13,20-21,24,29-30H,1,9-11,14-15H2,2-8H3/t20-,21-,24-,26-,27-,28+/m1/s1. The molecule has 3 aliphatic rings. The van der Waals surface area contributed by atoms with E-state index in [0.717, 1.165) is 30.4 Å². The second-order valence-corrected chi connectivity index (χ2v) is 11.8. The molecule has 2 saturated carbocycles. The van der Waals surface area contributed by atoms with Crippen molar-refractivity contribution >= 4 is 5.78 Å². The third kappa shape index (κ3) is 3.15. The number of aryl methyl sites for hydroxylation is 1. The lowest BCUT2D eigenvalue weighted by Crippen LogP contribution is -2.75. The number of ether oxygens (including phenoxy) is 2. The number of allylic oxidation sites excluding steroid dienone is 1. The average molecular weight is 457 g/mol. The van der Waals surface area contributed by atoms with Crippen LogP contribution in [0.4, 0.5) is 0 Å². The molecule has 0 amide bonds. The van der Waals surface area contributed by atoms with Crippen LogP contribution in [0.2, 0.25) is 0 Å². The van der Waals surface area contributed by atoms with E-state index in [2.05, 4.69) is 20.4 Å². The SMILES string of the molecule is C=C(C)[C@@H](Cc1cc(OC)cc(C)c1O)C(=O)[C@H]1[C@@]2(C[C@@H](O)C(C)(C)O2)[C@]2(C)CCC[C@]12C. The highest BCUT2D eigenvalue weighted by atomic mass is 16.6. The molecule has 0 radical (unpaired) electrons. The highest BCUT2D eigenvalue weighted by Crippen LogP contribution is 2.79. The molecule has 1 aliphatic heterocycles. The Balaban J connectivity index is 1.74. The zero-order valence-corrected chi connectivity index (χ0v) is 21.2. The Bertz CT molecular complexity index is 996. The molecule has 182 valence electrons. The van der Waals surface area contributed by atoms with Gasteiger partial charge in [0.2, 0.25) is 0 Å². The summed E-state index contributed by atoms with van der Waals surface area (Å²) in [6, 6.07) is 3.60. The highest BCUT2D eigenvalue weighted by Gasteiger charge is 2.82. The van der Waals surface area contributed by atoms with E-state index in [0.29, 0.717) is 24.2 Å². The Morgan fingerprint density at radius 3 is 2.48 bits per heavy atom.